The van der Waals surface area contributed by atoms with Crippen molar-refractivity contribution in [3.8, 4) is 11.5 Å². The minimum absolute atomic E-state index is 0. The van der Waals surface area contributed by atoms with Crippen LogP contribution in [-0.2, 0) is 13.2 Å². The standard InChI is InChI=1S/C24H33Cl2NO2.ClH/c1-3-5-6-7-8-9-14-27-17-19-10-13-23(24(15-19)28-4-2)29-18-20-11-12-21(25)16-22(20)26;/h10-13,15-16,27H,3-9,14,17-18H2,1-2H3;1H. The van der Waals surface area contributed by atoms with Crippen molar-refractivity contribution in [2.24, 2.45) is 0 Å². The number of ether oxygens (including phenoxy) is 2. The molecule has 6 heteroatoms. The molecular weight excluding hydrogens is 441 g/mol. The van der Waals surface area contributed by atoms with Crippen LogP contribution < -0.4 is 14.8 Å². The van der Waals surface area contributed by atoms with Crippen molar-refractivity contribution in [2.45, 2.75) is 65.5 Å². The molecule has 0 aliphatic heterocycles. The van der Waals surface area contributed by atoms with Gasteiger partial charge in [0.1, 0.15) is 6.61 Å². The first-order valence-corrected chi connectivity index (χ1v) is 11.4. The molecule has 0 aliphatic carbocycles. The highest BCUT2D eigenvalue weighted by Crippen LogP contribution is 2.30. The highest BCUT2D eigenvalue weighted by molar-refractivity contribution is 6.35. The van der Waals surface area contributed by atoms with E-state index in [1.54, 1.807) is 6.07 Å². The molecule has 2 aromatic rings. The summed E-state index contributed by atoms with van der Waals surface area (Å²) in [6.07, 6.45) is 7.88. The zero-order valence-corrected chi connectivity index (χ0v) is 20.3. The lowest BCUT2D eigenvalue weighted by molar-refractivity contribution is 0.269. The topological polar surface area (TPSA) is 30.5 Å². The number of rotatable bonds is 14. The van der Waals surface area contributed by atoms with Crippen molar-refractivity contribution in [3.05, 3.63) is 57.6 Å². The Morgan fingerprint density at radius 2 is 1.60 bits per heavy atom. The Hall–Kier alpha value is -1.13. The first kappa shape index (κ1) is 26.9. The Labute approximate surface area is 197 Å². The number of unbranched alkanes of at least 4 members (excludes halogenated alkanes) is 5. The van der Waals surface area contributed by atoms with E-state index in [0.29, 0.717) is 23.3 Å². The summed E-state index contributed by atoms with van der Waals surface area (Å²) in [7, 11) is 0. The summed E-state index contributed by atoms with van der Waals surface area (Å²) in [5, 5.41) is 4.75. The normalized spacial score (nSPS) is 10.5. The number of halogens is 3. The Kier molecular flexibility index (Phi) is 14.0. The largest absolute Gasteiger partial charge is 0.490 e. The average molecular weight is 475 g/mol. The van der Waals surface area contributed by atoms with Gasteiger partial charge in [-0.1, -0.05) is 74.4 Å². The van der Waals surface area contributed by atoms with Crippen LogP contribution in [0.25, 0.3) is 0 Å². The van der Waals surface area contributed by atoms with Gasteiger partial charge in [-0.15, -0.1) is 12.4 Å². The molecule has 2 rings (SSSR count). The quantitative estimate of drug-likeness (QED) is 0.283. The van der Waals surface area contributed by atoms with Crippen molar-refractivity contribution in [2.75, 3.05) is 13.2 Å². The smallest absolute Gasteiger partial charge is 0.161 e. The first-order chi connectivity index (χ1) is 14.1. The SMILES string of the molecule is CCCCCCCCNCc1ccc(OCc2ccc(Cl)cc2Cl)c(OCC)c1.Cl. The third kappa shape index (κ3) is 9.78. The second-order valence-corrected chi connectivity index (χ2v) is 8.03. The number of hydrogen-bond acceptors (Lipinski definition) is 3. The van der Waals surface area contributed by atoms with Gasteiger partial charge in [-0.05, 0) is 49.7 Å². The highest BCUT2D eigenvalue weighted by atomic mass is 35.5. The van der Waals surface area contributed by atoms with Crippen LogP contribution in [0.3, 0.4) is 0 Å². The number of nitrogens with one attached hydrogen (secondary N) is 1. The second-order valence-electron chi connectivity index (χ2n) is 7.18. The van der Waals surface area contributed by atoms with Crippen LogP contribution in [0.4, 0.5) is 0 Å². The lowest BCUT2D eigenvalue weighted by Crippen LogP contribution is -2.14. The van der Waals surface area contributed by atoms with Gasteiger partial charge in [0.2, 0.25) is 0 Å². The summed E-state index contributed by atoms with van der Waals surface area (Å²) in [5.41, 5.74) is 2.08. The zero-order valence-electron chi connectivity index (χ0n) is 18.0. The van der Waals surface area contributed by atoms with Crippen molar-refractivity contribution in [1.82, 2.24) is 5.32 Å². The molecule has 0 saturated heterocycles. The zero-order chi connectivity index (χ0) is 20.9. The van der Waals surface area contributed by atoms with Gasteiger partial charge in [0, 0.05) is 22.2 Å². The molecule has 0 aliphatic rings. The minimum atomic E-state index is 0. The van der Waals surface area contributed by atoms with Gasteiger partial charge in [0.05, 0.1) is 6.61 Å². The molecular formula is C24H34Cl3NO2. The Balaban J connectivity index is 0.00000450. The first-order valence-electron chi connectivity index (χ1n) is 10.7. The molecule has 3 nitrogen and oxygen atoms in total. The summed E-state index contributed by atoms with van der Waals surface area (Å²) in [6.45, 7) is 7.06. The third-order valence-corrected chi connectivity index (χ3v) is 5.33. The molecule has 0 amide bonds. The highest BCUT2D eigenvalue weighted by Gasteiger charge is 2.09. The Morgan fingerprint density at radius 1 is 0.833 bits per heavy atom. The average Bonchev–Trinajstić information content (AvgIpc) is 2.70. The van der Waals surface area contributed by atoms with E-state index in [9.17, 15) is 0 Å². The fourth-order valence-corrected chi connectivity index (χ4v) is 3.57. The maximum absolute atomic E-state index is 6.24. The Bertz CT molecular complexity index is 740. The summed E-state index contributed by atoms with van der Waals surface area (Å²) in [5.74, 6) is 1.48. The Morgan fingerprint density at radius 3 is 2.33 bits per heavy atom. The molecule has 0 fully saturated rings. The van der Waals surface area contributed by atoms with E-state index in [-0.39, 0.29) is 12.4 Å². The lowest BCUT2D eigenvalue weighted by Gasteiger charge is -2.14. The maximum Gasteiger partial charge on any atom is 0.161 e. The molecule has 0 bridgehead atoms. The van der Waals surface area contributed by atoms with E-state index in [0.717, 1.165) is 30.2 Å². The molecule has 1 N–H and O–H groups in total. The van der Waals surface area contributed by atoms with Gasteiger partial charge >= 0.3 is 0 Å². The molecule has 168 valence electrons. The predicted molar refractivity (Wildman–Crippen MR) is 131 cm³/mol. The molecule has 0 aromatic heterocycles. The molecule has 0 atom stereocenters. The fraction of sp³-hybridized carbons (Fsp3) is 0.500. The van der Waals surface area contributed by atoms with Gasteiger partial charge < -0.3 is 14.8 Å². The van der Waals surface area contributed by atoms with Crippen LogP contribution in [0.15, 0.2) is 36.4 Å². The predicted octanol–water partition coefficient (Wildman–Crippen LogP) is 7.84. The van der Waals surface area contributed by atoms with Crippen LogP contribution in [0.1, 0.15) is 63.5 Å². The molecule has 0 spiro atoms. The van der Waals surface area contributed by atoms with Crippen LogP contribution in [0.2, 0.25) is 10.0 Å². The van der Waals surface area contributed by atoms with Crippen LogP contribution in [0, 0.1) is 0 Å². The molecule has 0 heterocycles. The van der Waals surface area contributed by atoms with Gasteiger partial charge in [-0.25, -0.2) is 0 Å². The summed E-state index contributed by atoms with van der Waals surface area (Å²) in [4.78, 5) is 0. The lowest BCUT2D eigenvalue weighted by atomic mass is 10.1. The van der Waals surface area contributed by atoms with Crippen LogP contribution in [-0.4, -0.2) is 13.2 Å². The summed E-state index contributed by atoms with van der Waals surface area (Å²) < 4.78 is 11.8. The van der Waals surface area contributed by atoms with Crippen LogP contribution in [0.5, 0.6) is 11.5 Å². The van der Waals surface area contributed by atoms with Crippen molar-refractivity contribution in [3.63, 3.8) is 0 Å². The third-order valence-electron chi connectivity index (χ3n) is 4.74. The summed E-state index contributed by atoms with van der Waals surface area (Å²) >= 11 is 12.2. The van der Waals surface area contributed by atoms with Gasteiger partial charge in [0.15, 0.2) is 11.5 Å². The fourth-order valence-electron chi connectivity index (χ4n) is 3.11. The number of benzene rings is 2. The monoisotopic (exact) mass is 473 g/mol. The van der Waals surface area contributed by atoms with Gasteiger partial charge in [-0.2, -0.15) is 0 Å². The van der Waals surface area contributed by atoms with Crippen LogP contribution >= 0.6 is 35.6 Å². The number of hydrogen-bond donors (Lipinski definition) is 1. The van der Waals surface area contributed by atoms with Gasteiger partial charge in [-0.3, -0.25) is 0 Å². The van der Waals surface area contributed by atoms with Crippen molar-refractivity contribution >= 4 is 35.6 Å². The molecule has 0 saturated carbocycles. The van der Waals surface area contributed by atoms with E-state index in [1.807, 2.05) is 25.1 Å². The molecule has 2 aromatic carbocycles. The van der Waals surface area contributed by atoms with Crippen molar-refractivity contribution < 1.29 is 9.47 Å². The van der Waals surface area contributed by atoms with E-state index in [4.69, 9.17) is 32.7 Å². The maximum atomic E-state index is 6.24. The molecule has 0 unspecified atom stereocenters. The van der Waals surface area contributed by atoms with E-state index < -0.39 is 0 Å². The van der Waals surface area contributed by atoms with Crippen molar-refractivity contribution in [1.29, 1.82) is 0 Å². The second kappa shape index (κ2) is 15.6. The van der Waals surface area contributed by atoms with Gasteiger partial charge in [0.25, 0.3) is 0 Å². The molecule has 30 heavy (non-hydrogen) atoms. The van der Waals surface area contributed by atoms with E-state index in [2.05, 4.69) is 24.4 Å². The molecule has 0 radical (unpaired) electrons. The minimum Gasteiger partial charge on any atom is -0.490 e. The summed E-state index contributed by atoms with van der Waals surface area (Å²) in [6, 6.07) is 11.5. The van der Waals surface area contributed by atoms with E-state index >= 15 is 0 Å². The van der Waals surface area contributed by atoms with E-state index in [1.165, 1.54) is 44.1 Å².